The molecule has 1 aromatic rings. The number of carbonyl (C=O) groups excluding carboxylic acids is 1. The summed E-state index contributed by atoms with van der Waals surface area (Å²) >= 11 is 0. The van der Waals surface area contributed by atoms with Gasteiger partial charge in [0.05, 0.1) is 6.61 Å². The minimum Gasteiger partial charge on any atom is -0.478 e. The highest BCUT2D eigenvalue weighted by molar-refractivity contribution is 5.84. The predicted molar refractivity (Wildman–Crippen MR) is 64.9 cm³/mol. The first-order chi connectivity index (χ1) is 8.10. The van der Waals surface area contributed by atoms with Crippen molar-refractivity contribution in [2.24, 2.45) is 0 Å². The molecule has 0 heterocycles. The Morgan fingerprint density at radius 1 is 1.41 bits per heavy atom. The molecule has 0 saturated carbocycles. The van der Waals surface area contributed by atoms with Gasteiger partial charge in [-0.15, -0.1) is 0 Å². The highest BCUT2D eigenvalue weighted by Gasteiger charge is 1.98. The van der Waals surface area contributed by atoms with Crippen LogP contribution in [0.25, 0.3) is 0 Å². The Morgan fingerprint density at radius 3 is 2.35 bits per heavy atom. The van der Waals surface area contributed by atoms with E-state index >= 15 is 0 Å². The molecule has 0 aliphatic heterocycles. The average Bonchev–Trinajstić information content (AvgIpc) is 2.31. The van der Waals surface area contributed by atoms with Crippen LogP contribution < -0.4 is 5.32 Å². The van der Waals surface area contributed by atoms with Gasteiger partial charge in [0.1, 0.15) is 0 Å². The molecule has 2 N–H and O–H groups in total. The molecule has 0 radical (unpaired) electrons. The number of amides is 1. The average molecular weight is 237 g/mol. The molecule has 1 amide bonds. The van der Waals surface area contributed by atoms with Crippen LogP contribution in [0.1, 0.15) is 6.92 Å². The standard InChI is InChI=1S/C9H11NO2.C3H4O2/c1-2-12-9(11)10-8-6-4-3-5-7-8;1-2-3(4)5/h3-7H,2H2,1H3,(H,10,11);2H,1H2,(H,4,5). The maximum absolute atomic E-state index is 10.9. The van der Waals surface area contributed by atoms with Crippen molar-refractivity contribution in [3.8, 4) is 0 Å². The molecule has 0 fully saturated rings. The van der Waals surface area contributed by atoms with Crippen molar-refractivity contribution in [1.29, 1.82) is 0 Å². The summed E-state index contributed by atoms with van der Waals surface area (Å²) in [5.41, 5.74) is 0.746. The first-order valence-electron chi connectivity index (χ1n) is 4.94. The fraction of sp³-hybridized carbons (Fsp3) is 0.167. The lowest BCUT2D eigenvalue weighted by Crippen LogP contribution is -2.12. The number of para-hydroxylation sites is 1. The largest absolute Gasteiger partial charge is 0.478 e. The van der Waals surface area contributed by atoms with Crippen molar-refractivity contribution >= 4 is 17.7 Å². The fourth-order valence-electron chi connectivity index (χ4n) is 0.807. The third-order valence-corrected chi connectivity index (χ3v) is 1.47. The molecular weight excluding hydrogens is 222 g/mol. The third-order valence-electron chi connectivity index (χ3n) is 1.47. The van der Waals surface area contributed by atoms with Gasteiger partial charge >= 0.3 is 12.1 Å². The number of benzene rings is 1. The first kappa shape index (κ1) is 14.7. The molecular formula is C12H15NO4. The maximum atomic E-state index is 10.9. The quantitative estimate of drug-likeness (QED) is 0.792. The Balaban J connectivity index is 0.000000437. The Bertz CT molecular complexity index is 362. The van der Waals surface area contributed by atoms with E-state index in [1.165, 1.54) is 0 Å². The van der Waals surface area contributed by atoms with E-state index in [-0.39, 0.29) is 0 Å². The second-order valence-corrected chi connectivity index (χ2v) is 2.75. The van der Waals surface area contributed by atoms with Crippen LogP contribution in [-0.4, -0.2) is 23.8 Å². The Hall–Kier alpha value is -2.30. The molecule has 92 valence electrons. The van der Waals surface area contributed by atoms with Gasteiger partial charge in [0, 0.05) is 11.8 Å². The smallest absolute Gasteiger partial charge is 0.411 e. The van der Waals surface area contributed by atoms with E-state index in [1.54, 1.807) is 19.1 Å². The molecule has 0 aromatic heterocycles. The molecule has 0 bridgehead atoms. The van der Waals surface area contributed by atoms with Crippen molar-refractivity contribution in [2.45, 2.75) is 6.92 Å². The number of carboxylic acid groups (broad SMARTS) is 1. The summed E-state index contributed by atoms with van der Waals surface area (Å²) in [6.07, 6.45) is 0.420. The summed E-state index contributed by atoms with van der Waals surface area (Å²) in [5.74, 6) is -0.981. The van der Waals surface area contributed by atoms with Crippen LogP contribution in [0.15, 0.2) is 43.0 Å². The lowest BCUT2D eigenvalue weighted by Gasteiger charge is -2.03. The van der Waals surface area contributed by atoms with Gasteiger partial charge in [0.15, 0.2) is 0 Å². The lowest BCUT2D eigenvalue weighted by atomic mass is 10.3. The third kappa shape index (κ3) is 8.68. The van der Waals surface area contributed by atoms with Crippen LogP contribution in [0.2, 0.25) is 0 Å². The van der Waals surface area contributed by atoms with E-state index in [0.717, 1.165) is 11.8 Å². The number of hydrogen-bond donors (Lipinski definition) is 2. The predicted octanol–water partition coefficient (Wildman–Crippen LogP) is 2.51. The topological polar surface area (TPSA) is 75.6 Å². The molecule has 5 heteroatoms. The molecule has 0 aliphatic rings. The first-order valence-corrected chi connectivity index (χ1v) is 4.94. The SMILES string of the molecule is C=CC(=O)O.CCOC(=O)Nc1ccccc1. The van der Waals surface area contributed by atoms with E-state index in [0.29, 0.717) is 6.61 Å². The lowest BCUT2D eigenvalue weighted by molar-refractivity contribution is -0.131. The Kier molecular flexibility index (Phi) is 7.75. The fourth-order valence-corrected chi connectivity index (χ4v) is 0.807. The van der Waals surface area contributed by atoms with Crippen molar-refractivity contribution in [1.82, 2.24) is 0 Å². The molecule has 0 saturated heterocycles. The molecule has 0 unspecified atom stereocenters. The van der Waals surface area contributed by atoms with Gasteiger partial charge in [-0.3, -0.25) is 5.32 Å². The minimum absolute atomic E-state index is 0.388. The van der Waals surface area contributed by atoms with Gasteiger partial charge < -0.3 is 9.84 Å². The van der Waals surface area contributed by atoms with E-state index in [9.17, 15) is 9.59 Å². The van der Waals surface area contributed by atoms with Crippen molar-refractivity contribution < 1.29 is 19.4 Å². The zero-order chi connectivity index (χ0) is 13.1. The van der Waals surface area contributed by atoms with Crippen molar-refractivity contribution in [3.63, 3.8) is 0 Å². The Labute approximate surface area is 99.7 Å². The van der Waals surface area contributed by atoms with Crippen LogP contribution in [-0.2, 0) is 9.53 Å². The number of ether oxygens (including phenoxy) is 1. The molecule has 0 atom stereocenters. The molecule has 0 spiro atoms. The van der Waals surface area contributed by atoms with E-state index in [4.69, 9.17) is 9.84 Å². The van der Waals surface area contributed by atoms with Crippen LogP contribution >= 0.6 is 0 Å². The number of carbonyl (C=O) groups is 2. The van der Waals surface area contributed by atoms with Crippen molar-refractivity contribution in [3.05, 3.63) is 43.0 Å². The van der Waals surface area contributed by atoms with E-state index in [1.807, 2.05) is 18.2 Å². The number of carboxylic acids is 1. The summed E-state index contributed by atoms with van der Waals surface area (Å²) < 4.78 is 4.70. The van der Waals surface area contributed by atoms with Crippen LogP contribution in [0.5, 0.6) is 0 Å². The molecule has 1 aromatic carbocycles. The monoisotopic (exact) mass is 237 g/mol. The van der Waals surface area contributed by atoms with Crippen LogP contribution in [0, 0.1) is 0 Å². The second-order valence-electron chi connectivity index (χ2n) is 2.75. The Morgan fingerprint density at radius 2 is 1.94 bits per heavy atom. The van der Waals surface area contributed by atoms with E-state index < -0.39 is 12.1 Å². The van der Waals surface area contributed by atoms with Gasteiger partial charge in [-0.2, -0.15) is 0 Å². The number of aliphatic carboxylic acids is 1. The zero-order valence-corrected chi connectivity index (χ0v) is 9.55. The molecule has 1 rings (SSSR count). The molecule has 0 aliphatic carbocycles. The number of rotatable bonds is 3. The van der Waals surface area contributed by atoms with Gasteiger partial charge in [-0.05, 0) is 19.1 Å². The van der Waals surface area contributed by atoms with Gasteiger partial charge in [-0.1, -0.05) is 24.8 Å². The zero-order valence-electron chi connectivity index (χ0n) is 9.55. The minimum atomic E-state index is -0.981. The van der Waals surface area contributed by atoms with E-state index in [2.05, 4.69) is 11.9 Å². The van der Waals surface area contributed by atoms with Gasteiger partial charge in [0.2, 0.25) is 0 Å². The number of nitrogens with one attached hydrogen (secondary N) is 1. The highest BCUT2D eigenvalue weighted by atomic mass is 16.5. The molecule has 17 heavy (non-hydrogen) atoms. The highest BCUT2D eigenvalue weighted by Crippen LogP contribution is 2.04. The van der Waals surface area contributed by atoms with Crippen LogP contribution in [0.4, 0.5) is 10.5 Å². The summed E-state index contributed by atoms with van der Waals surface area (Å²) in [7, 11) is 0. The summed E-state index contributed by atoms with van der Waals surface area (Å²) in [6.45, 7) is 5.12. The van der Waals surface area contributed by atoms with Crippen LogP contribution in [0.3, 0.4) is 0 Å². The number of hydrogen-bond acceptors (Lipinski definition) is 3. The normalized spacial score (nSPS) is 8.29. The van der Waals surface area contributed by atoms with Crippen molar-refractivity contribution in [2.75, 3.05) is 11.9 Å². The second kappa shape index (κ2) is 8.96. The summed E-state index contributed by atoms with van der Waals surface area (Å²) in [6, 6.07) is 9.19. The van der Waals surface area contributed by atoms with Gasteiger partial charge in [0.25, 0.3) is 0 Å². The number of anilines is 1. The van der Waals surface area contributed by atoms with Gasteiger partial charge in [-0.25, -0.2) is 9.59 Å². The maximum Gasteiger partial charge on any atom is 0.411 e. The molecule has 5 nitrogen and oxygen atoms in total. The summed E-state index contributed by atoms with van der Waals surface area (Å²) in [4.78, 5) is 20.1. The summed E-state index contributed by atoms with van der Waals surface area (Å²) in [5, 5.41) is 10.2.